The summed E-state index contributed by atoms with van der Waals surface area (Å²) in [5, 5.41) is 4.06. The summed E-state index contributed by atoms with van der Waals surface area (Å²) in [5.74, 6) is 0. The zero-order valence-corrected chi connectivity index (χ0v) is 15.5. The molecule has 0 aliphatic heterocycles. The van der Waals surface area contributed by atoms with Crippen molar-refractivity contribution in [1.82, 2.24) is 9.78 Å². The smallest absolute Gasteiger partial charge is 0.240 e. The number of halogens is 3. The Kier molecular flexibility index (Phi) is 6.87. The van der Waals surface area contributed by atoms with E-state index in [1.165, 1.54) is 16.9 Å². The van der Waals surface area contributed by atoms with Crippen LogP contribution in [-0.2, 0) is 6.18 Å². The van der Waals surface area contributed by atoms with Gasteiger partial charge in [0.1, 0.15) is 0 Å². The maximum Gasteiger partial charge on any atom is 0.418 e. The van der Waals surface area contributed by atoms with Gasteiger partial charge in [-0.15, -0.1) is 5.73 Å². The zero-order valence-electron chi connectivity index (χ0n) is 15.5. The summed E-state index contributed by atoms with van der Waals surface area (Å²) in [6.07, 6.45) is 3.50. The minimum absolute atomic E-state index is 0.0734. The third-order valence-corrected chi connectivity index (χ3v) is 4.08. The van der Waals surface area contributed by atoms with Crippen molar-refractivity contribution >= 4 is 5.57 Å². The van der Waals surface area contributed by atoms with Gasteiger partial charge in [0, 0.05) is 23.5 Å². The molecule has 2 aromatic rings. The molecule has 0 aliphatic rings. The van der Waals surface area contributed by atoms with Crippen molar-refractivity contribution < 1.29 is 13.2 Å². The normalized spacial score (nSPS) is 11.3. The van der Waals surface area contributed by atoms with Crippen LogP contribution >= 0.6 is 0 Å². The van der Waals surface area contributed by atoms with E-state index in [0.717, 1.165) is 42.9 Å². The Morgan fingerprint density at radius 3 is 2.46 bits per heavy atom. The topological polar surface area (TPSA) is 17.8 Å². The van der Waals surface area contributed by atoms with Crippen molar-refractivity contribution in [1.29, 1.82) is 0 Å². The highest BCUT2D eigenvalue weighted by Crippen LogP contribution is 2.38. The predicted octanol–water partition coefficient (Wildman–Crippen LogP) is 6.81. The third kappa shape index (κ3) is 5.12. The molecule has 1 aromatic heterocycles. The summed E-state index contributed by atoms with van der Waals surface area (Å²) in [6, 6.07) is 5.93. The molecule has 0 N–H and O–H groups in total. The lowest BCUT2D eigenvalue weighted by molar-refractivity contribution is -0.137. The molecule has 2 nitrogen and oxygen atoms in total. The summed E-state index contributed by atoms with van der Waals surface area (Å²) in [6.45, 7) is 5.95. The van der Waals surface area contributed by atoms with Gasteiger partial charge in [-0.3, -0.25) is 0 Å². The molecule has 0 spiro atoms. The van der Waals surface area contributed by atoms with E-state index >= 15 is 0 Å². The second-order valence-electron chi connectivity index (χ2n) is 6.56. The standard InChI is InChI=1S/C21H25F3N2/c1-4-5-6-7-10-17(15-16(2)3)18-11-8-12-19(21(22,23)24)20(18)26-14-9-13-25-26/h8-9,11-14H,4-7,10H2,1-3H3. The van der Waals surface area contributed by atoms with Gasteiger partial charge in [0.05, 0.1) is 11.3 Å². The summed E-state index contributed by atoms with van der Waals surface area (Å²) < 4.78 is 42.2. The molecule has 1 aromatic carbocycles. The molecule has 0 radical (unpaired) electrons. The Morgan fingerprint density at radius 2 is 1.88 bits per heavy atom. The van der Waals surface area contributed by atoms with Gasteiger partial charge in [0.15, 0.2) is 0 Å². The van der Waals surface area contributed by atoms with Gasteiger partial charge >= 0.3 is 6.18 Å². The van der Waals surface area contributed by atoms with Crippen LogP contribution in [0.25, 0.3) is 11.3 Å². The predicted molar refractivity (Wildman–Crippen MR) is 99.1 cm³/mol. The lowest BCUT2D eigenvalue weighted by atomic mass is 9.95. The minimum atomic E-state index is -4.45. The Balaban J connectivity index is 2.60. The Bertz CT molecular complexity index is 776. The van der Waals surface area contributed by atoms with Crippen molar-refractivity contribution in [2.75, 3.05) is 0 Å². The van der Waals surface area contributed by atoms with Crippen molar-refractivity contribution in [2.45, 2.75) is 59.1 Å². The first-order valence-electron chi connectivity index (χ1n) is 8.98. The van der Waals surface area contributed by atoms with Crippen LogP contribution in [0.1, 0.15) is 64.0 Å². The van der Waals surface area contributed by atoms with Gasteiger partial charge in [-0.25, -0.2) is 4.68 Å². The Labute approximate surface area is 153 Å². The van der Waals surface area contributed by atoms with E-state index in [1.807, 2.05) is 13.8 Å². The zero-order chi connectivity index (χ0) is 19.2. The molecule has 0 saturated heterocycles. The first-order valence-corrected chi connectivity index (χ1v) is 8.98. The molecule has 5 heteroatoms. The molecule has 2 rings (SSSR count). The second-order valence-corrected chi connectivity index (χ2v) is 6.56. The maximum absolute atomic E-state index is 13.6. The molecule has 26 heavy (non-hydrogen) atoms. The monoisotopic (exact) mass is 362 g/mol. The first-order chi connectivity index (χ1) is 12.3. The summed E-state index contributed by atoms with van der Waals surface area (Å²) in [5.41, 5.74) is 4.96. The van der Waals surface area contributed by atoms with Crippen molar-refractivity contribution in [3.8, 4) is 5.69 Å². The van der Waals surface area contributed by atoms with E-state index in [4.69, 9.17) is 0 Å². The number of unbranched alkanes of at least 4 members (excludes halogenated alkanes) is 3. The number of hydrogen-bond donors (Lipinski definition) is 0. The van der Waals surface area contributed by atoms with Gasteiger partial charge in [-0.2, -0.15) is 18.3 Å². The molecule has 0 atom stereocenters. The largest absolute Gasteiger partial charge is 0.418 e. The Morgan fingerprint density at radius 1 is 1.12 bits per heavy atom. The average Bonchev–Trinajstić information content (AvgIpc) is 3.10. The number of rotatable bonds is 7. The molecule has 0 bridgehead atoms. The van der Waals surface area contributed by atoms with Crippen LogP contribution in [0, 0.1) is 0 Å². The number of allylic oxidation sites excluding steroid dienone is 1. The van der Waals surface area contributed by atoms with Crippen LogP contribution in [-0.4, -0.2) is 9.78 Å². The van der Waals surface area contributed by atoms with E-state index in [0.29, 0.717) is 12.0 Å². The summed E-state index contributed by atoms with van der Waals surface area (Å²) in [7, 11) is 0. The molecule has 0 unspecified atom stereocenters. The van der Waals surface area contributed by atoms with Crippen LogP contribution in [0.3, 0.4) is 0 Å². The molecule has 1 heterocycles. The number of aromatic nitrogens is 2. The summed E-state index contributed by atoms with van der Waals surface area (Å²) in [4.78, 5) is 0. The Hall–Kier alpha value is -2.26. The molecule has 0 saturated carbocycles. The fourth-order valence-corrected chi connectivity index (χ4v) is 2.96. The number of nitrogens with zero attached hydrogens (tertiary/aromatic N) is 2. The highest BCUT2D eigenvalue weighted by atomic mass is 19.4. The number of alkyl halides is 3. The number of para-hydroxylation sites is 1. The molecule has 0 fully saturated rings. The van der Waals surface area contributed by atoms with Gasteiger partial charge in [0.25, 0.3) is 0 Å². The SMILES string of the molecule is CCCCCCC(=C=C(C)C)c1cccc(C(F)(F)F)c1-n1cccn1. The van der Waals surface area contributed by atoms with E-state index in [-0.39, 0.29) is 5.69 Å². The van der Waals surface area contributed by atoms with Crippen LogP contribution in [0.15, 0.2) is 48.0 Å². The number of benzene rings is 1. The van der Waals surface area contributed by atoms with E-state index in [9.17, 15) is 13.2 Å². The fourth-order valence-electron chi connectivity index (χ4n) is 2.96. The highest BCUT2D eigenvalue weighted by Gasteiger charge is 2.35. The van der Waals surface area contributed by atoms with Gasteiger partial charge in [-0.1, -0.05) is 38.3 Å². The second kappa shape index (κ2) is 8.91. The van der Waals surface area contributed by atoms with Crippen LogP contribution < -0.4 is 0 Å². The quantitative estimate of drug-likeness (QED) is 0.391. The maximum atomic E-state index is 13.6. The van der Waals surface area contributed by atoms with E-state index in [2.05, 4.69) is 17.8 Å². The van der Waals surface area contributed by atoms with Gasteiger partial charge in [0.2, 0.25) is 0 Å². The third-order valence-electron chi connectivity index (χ3n) is 4.08. The molecule has 0 aliphatic carbocycles. The first kappa shape index (κ1) is 20.1. The molecule has 0 amide bonds. The minimum Gasteiger partial charge on any atom is -0.240 e. The number of hydrogen-bond acceptors (Lipinski definition) is 1. The molecule has 140 valence electrons. The van der Waals surface area contributed by atoms with Crippen molar-refractivity contribution in [3.05, 3.63) is 59.1 Å². The van der Waals surface area contributed by atoms with E-state index in [1.54, 1.807) is 18.3 Å². The highest BCUT2D eigenvalue weighted by molar-refractivity contribution is 5.74. The van der Waals surface area contributed by atoms with Crippen molar-refractivity contribution in [3.63, 3.8) is 0 Å². The van der Waals surface area contributed by atoms with Crippen molar-refractivity contribution in [2.24, 2.45) is 0 Å². The van der Waals surface area contributed by atoms with E-state index < -0.39 is 11.7 Å². The van der Waals surface area contributed by atoms with Crippen LogP contribution in [0.2, 0.25) is 0 Å². The van der Waals surface area contributed by atoms with Crippen LogP contribution in [0.4, 0.5) is 13.2 Å². The fraction of sp³-hybridized carbons (Fsp3) is 0.429. The van der Waals surface area contributed by atoms with Gasteiger partial charge in [-0.05, 0) is 44.4 Å². The van der Waals surface area contributed by atoms with Crippen LogP contribution in [0.5, 0.6) is 0 Å². The average molecular weight is 362 g/mol. The molecular weight excluding hydrogens is 337 g/mol. The summed E-state index contributed by atoms with van der Waals surface area (Å²) >= 11 is 0. The lowest BCUT2D eigenvalue weighted by Crippen LogP contribution is -2.13. The molecular formula is C21H25F3N2. The van der Waals surface area contributed by atoms with Gasteiger partial charge < -0.3 is 0 Å². The lowest BCUT2D eigenvalue weighted by Gasteiger charge is -2.18.